The number of nitrogens with two attached hydrogens (primary N) is 3. The number of hydrogen-bond donors (Lipinski definition) is 4. The van der Waals surface area contributed by atoms with Crippen LogP contribution in [0.3, 0.4) is 0 Å². The van der Waals surface area contributed by atoms with Crippen LogP contribution in [-0.2, 0) is 19.5 Å². The molecule has 0 fully saturated rings. The molecule has 29 heavy (non-hydrogen) atoms. The Morgan fingerprint density at radius 3 is 2.52 bits per heavy atom. The zero-order valence-electron chi connectivity index (χ0n) is 15.5. The number of tetrazole rings is 1. The Labute approximate surface area is 167 Å². The summed E-state index contributed by atoms with van der Waals surface area (Å²) in [5.41, 5.74) is 13.1. The van der Waals surface area contributed by atoms with Crippen molar-refractivity contribution >= 4 is 31.2 Å². The third-order valence-corrected chi connectivity index (χ3v) is 7.22. The Bertz CT molecular complexity index is 1270. The standard InChI is InChI=1S/C16H20N8O3S2/c1-9-7-10(8-20-15(9)18)11-3-4-12(29(26,27)6-5-17)14(28(2,19)25)13(11)16-21-23-24-22-16/h3-4,7-8H,2,5-6,17H2,1H3,(H2,18,20)(H2,19,25)(H,21,22,23,24). The van der Waals surface area contributed by atoms with E-state index in [4.69, 9.17) is 16.6 Å². The molecule has 0 aliphatic rings. The minimum Gasteiger partial charge on any atom is -0.383 e. The highest BCUT2D eigenvalue weighted by Crippen LogP contribution is 2.39. The zero-order valence-corrected chi connectivity index (χ0v) is 17.1. The third-order valence-electron chi connectivity index (χ3n) is 4.19. The SMILES string of the molecule is C=S(N)(=O)c1c(S(=O)(=O)CCN)ccc(-c2cnc(N)c(C)c2)c1-c1nn[nH]n1. The fourth-order valence-corrected chi connectivity index (χ4v) is 5.83. The monoisotopic (exact) mass is 436 g/mol. The number of nitrogen functional groups attached to an aromatic ring is 1. The molecule has 0 saturated heterocycles. The second kappa shape index (κ2) is 7.51. The van der Waals surface area contributed by atoms with E-state index >= 15 is 0 Å². The molecule has 0 amide bonds. The van der Waals surface area contributed by atoms with E-state index in [0.717, 1.165) is 0 Å². The molecular formula is C16H20N8O3S2. The van der Waals surface area contributed by atoms with Gasteiger partial charge in [0.15, 0.2) is 9.84 Å². The van der Waals surface area contributed by atoms with Crippen LogP contribution in [0.1, 0.15) is 5.56 Å². The summed E-state index contributed by atoms with van der Waals surface area (Å²) < 4.78 is 38.5. The van der Waals surface area contributed by atoms with Crippen LogP contribution in [0.2, 0.25) is 0 Å². The van der Waals surface area contributed by atoms with Gasteiger partial charge in [0.05, 0.1) is 25.3 Å². The number of rotatable bonds is 6. The molecule has 0 radical (unpaired) electrons. The molecule has 13 heteroatoms. The number of H-pyrrole nitrogens is 1. The summed E-state index contributed by atoms with van der Waals surface area (Å²) in [5, 5.41) is 19.5. The van der Waals surface area contributed by atoms with Crippen LogP contribution in [0, 0.1) is 6.92 Å². The quantitative estimate of drug-likeness (QED) is 0.368. The Morgan fingerprint density at radius 2 is 1.97 bits per heavy atom. The lowest BCUT2D eigenvalue weighted by Crippen LogP contribution is -2.22. The van der Waals surface area contributed by atoms with E-state index in [1.807, 2.05) is 0 Å². The summed E-state index contributed by atoms with van der Waals surface area (Å²) >= 11 is 0. The van der Waals surface area contributed by atoms with E-state index in [2.05, 4.69) is 31.5 Å². The van der Waals surface area contributed by atoms with E-state index in [-0.39, 0.29) is 33.5 Å². The normalized spacial score (nSPS) is 13.9. The fourth-order valence-electron chi connectivity index (χ4n) is 2.88. The number of nitrogens with zero attached hydrogens (tertiary/aromatic N) is 4. The van der Waals surface area contributed by atoms with Gasteiger partial charge in [0.25, 0.3) is 0 Å². The first kappa shape index (κ1) is 20.9. The van der Waals surface area contributed by atoms with Crippen molar-refractivity contribution in [1.29, 1.82) is 0 Å². The molecule has 2 aromatic heterocycles. The highest BCUT2D eigenvalue weighted by Gasteiger charge is 2.29. The van der Waals surface area contributed by atoms with Gasteiger partial charge in [0, 0.05) is 23.9 Å². The first-order valence-electron chi connectivity index (χ1n) is 8.27. The highest BCUT2D eigenvalue weighted by molar-refractivity contribution is 7.99. The molecule has 0 aliphatic carbocycles. The zero-order chi connectivity index (χ0) is 21.4. The van der Waals surface area contributed by atoms with Gasteiger partial charge in [0.2, 0.25) is 5.82 Å². The first-order chi connectivity index (χ1) is 13.6. The van der Waals surface area contributed by atoms with Gasteiger partial charge < -0.3 is 11.5 Å². The van der Waals surface area contributed by atoms with Crippen LogP contribution in [0.5, 0.6) is 0 Å². The summed E-state index contributed by atoms with van der Waals surface area (Å²) in [6, 6.07) is 4.61. The van der Waals surface area contributed by atoms with E-state index in [1.165, 1.54) is 18.3 Å². The van der Waals surface area contributed by atoms with Gasteiger partial charge in [-0.05, 0) is 41.3 Å². The minimum absolute atomic E-state index is 0.0103. The van der Waals surface area contributed by atoms with Gasteiger partial charge in [-0.3, -0.25) is 5.14 Å². The largest absolute Gasteiger partial charge is 0.383 e. The van der Waals surface area contributed by atoms with Crippen molar-refractivity contribution in [3.05, 3.63) is 30.0 Å². The molecule has 3 aromatic rings. The molecule has 3 rings (SSSR count). The summed E-state index contributed by atoms with van der Waals surface area (Å²) in [6.45, 7) is 1.65. The maximum atomic E-state index is 12.9. The van der Waals surface area contributed by atoms with Gasteiger partial charge in [-0.25, -0.2) is 17.6 Å². The van der Waals surface area contributed by atoms with Crippen LogP contribution in [0.4, 0.5) is 5.82 Å². The molecule has 7 N–H and O–H groups in total. The number of aromatic nitrogens is 5. The molecule has 11 nitrogen and oxygen atoms in total. The molecule has 154 valence electrons. The Balaban J connectivity index is 2.48. The minimum atomic E-state index is -3.90. The molecule has 1 atom stereocenters. The average Bonchev–Trinajstić information content (AvgIpc) is 3.16. The second-order valence-electron chi connectivity index (χ2n) is 6.31. The molecule has 0 bridgehead atoms. The highest BCUT2D eigenvalue weighted by atomic mass is 32.2. The predicted octanol–water partition coefficient (Wildman–Crippen LogP) is -0.499. The lowest BCUT2D eigenvalue weighted by molar-refractivity contribution is 0.593. The Morgan fingerprint density at radius 1 is 1.24 bits per heavy atom. The molecular weight excluding hydrogens is 416 g/mol. The first-order valence-corrected chi connectivity index (χ1v) is 11.7. The van der Waals surface area contributed by atoms with Crippen LogP contribution < -0.4 is 16.6 Å². The average molecular weight is 437 g/mol. The molecule has 2 heterocycles. The van der Waals surface area contributed by atoms with Crippen molar-refractivity contribution in [1.82, 2.24) is 25.6 Å². The number of aryl methyl sites for hydroxylation is 1. The van der Waals surface area contributed by atoms with Crippen molar-refractivity contribution in [3.63, 3.8) is 0 Å². The molecule has 0 aliphatic heterocycles. The van der Waals surface area contributed by atoms with Crippen LogP contribution >= 0.6 is 0 Å². The van der Waals surface area contributed by atoms with Gasteiger partial charge in [-0.2, -0.15) is 5.21 Å². The van der Waals surface area contributed by atoms with Crippen LogP contribution in [0.25, 0.3) is 22.5 Å². The number of nitrogens with one attached hydrogen (secondary N) is 1. The smallest absolute Gasteiger partial charge is 0.206 e. The van der Waals surface area contributed by atoms with Crippen molar-refractivity contribution in [2.75, 3.05) is 18.0 Å². The summed E-state index contributed by atoms with van der Waals surface area (Å²) in [7, 11) is -7.42. The number of hydrogen-bond acceptors (Lipinski definition) is 9. The van der Waals surface area contributed by atoms with E-state index in [0.29, 0.717) is 22.5 Å². The predicted molar refractivity (Wildman–Crippen MR) is 111 cm³/mol. The Kier molecular flexibility index (Phi) is 5.40. The lowest BCUT2D eigenvalue weighted by atomic mass is 9.99. The van der Waals surface area contributed by atoms with E-state index < -0.39 is 19.5 Å². The fraction of sp³-hybridized carbons (Fsp3) is 0.188. The van der Waals surface area contributed by atoms with Gasteiger partial charge >= 0.3 is 0 Å². The van der Waals surface area contributed by atoms with Crippen LogP contribution in [-0.4, -0.2) is 56.4 Å². The summed E-state index contributed by atoms with van der Waals surface area (Å²) in [6.07, 6.45) is 1.50. The second-order valence-corrected chi connectivity index (χ2v) is 10.2. The Hall–Kier alpha value is -2.87. The third kappa shape index (κ3) is 3.98. The summed E-state index contributed by atoms with van der Waals surface area (Å²) in [4.78, 5) is 3.69. The van der Waals surface area contributed by atoms with Gasteiger partial charge in [-0.1, -0.05) is 6.07 Å². The molecule has 1 aromatic carbocycles. The van der Waals surface area contributed by atoms with Crippen molar-refractivity contribution < 1.29 is 12.6 Å². The molecule has 0 spiro atoms. The number of aromatic amines is 1. The maximum absolute atomic E-state index is 12.9. The topological polar surface area (TPSA) is 197 Å². The number of sulfone groups is 1. The van der Waals surface area contributed by atoms with Gasteiger partial charge in [0.1, 0.15) is 5.82 Å². The lowest BCUT2D eigenvalue weighted by Gasteiger charge is -2.18. The number of anilines is 1. The maximum Gasteiger partial charge on any atom is 0.206 e. The van der Waals surface area contributed by atoms with Gasteiger partial charge in [-0.15, -0.1) is 10.2 Å². The number of pyridine rings is 1. The van der Waals surface area contributed by atoms with Crippen LogP contribution in [0.15, 0.2) is 34.2 Å². The number of benzene rings is 1. The molecule has 1 unspecified atom stereocenters. The van der Waals surface area contributed by atoms with Crippen molar-refractivity contribution in [3.8, 4) is 22.5 Å². The van der Waals surface area contributed by atoms with Crippen molar-refractivity contribution in [2.24, 2.45) is 10.9 Å². The van der Waals surface area contributed by atoms with E-state index in [1.54, 1.807) is 13.0 Å². The summed E-state index contributed by atoms with van der Waals surface area (Å²) in [5.74, 6) is 3.50. The van der Waals surface area contributed by atoms with Crippen molar-refractivity contribution in [2.45, 2.75) is 16.7 Å². The van der Waals surface area contributed by atoms with E-state index in [9.17, 15) is 12.6 Å². The molecule has 0 saturated carbocycles.